The quantitative estimate of drug-likeness (QED) is 0.541. The van der Waals surface area contributed by atoms with Crippen LogP contribution in [-0.2, 0) is 6.18 Å². The number of amides is 1. The number of nitriles is 1. The number of carbonyl (C=O) groups is 1. The highest BCUT2D eigenvalue weighted by atomic mass is 19.4. The van der Waals surface area contributed by atoms with E-state index < -0.39 is 48.5 Å². The van der Waals surface area contributed by atoms with E-state index in [1.807, 2.05) is 6.07 Å². The zero-order valence-corrected chi connectivity index (χ0v) is 16.8. The van der Waals surface area contributed by atoms with Gasteiger partial charge in [-0.25, -0.2) is 18.7 Å². The van der Waals surface area contributed by atoms with Crippen LogP contribution >= 0.6 is 0 Å². The van der Waals surface area contributed by atoms with Crippen molar-refractivity contribution in [3.05, 3.63) is 47.3 Å². The molecule has 1 amide bonds. The molecule has 1 aromatic carbocycles. The number of likely N-dealkylation sites (tertiary alicyclic amines) is 1. The van der Waals surface area contributed by atoms with Crippen molar-refractivity contribution >= 4 is 17.5 Å². The second kappa shape index (κ2) is 8.57. The molecular formula is C20H19F5N6O. The Bertz CT molecular complexity index is 1030. The van der Waals surface area contributed by atoms with Crippen LogP contribution < -0.4 is 11.1 Å². The third-order valence-corrected chi connectivity index (χ3v) is 5.20. The lowest BCUT2D eigenvalue weighted by Gasteiger charge is -2.43. The van der Waals surface area contributed by atoms with E-state index in [1.54, 1.807) is 6.92 Å². The Labute approximate surface area is 180 Å². The molecule has 32 heavy (non-hydrogen) atoms. The van der Waals surface area contributed by atoms with Gasteiger partial charge in [0.25, 0.3) is 11.8 Å². The van der Waals surface area contributed by atoms with Gasteiger partial charge in [-0.3, -0.25) is 4.79 Å². The maximum absolute atomic E-state index is 14.3. The summed E-state index contributed by atoms with van der Waals surface area (Å²) < 4.78 is 66.6. The van der Waals surface area contributed by atoms with Gasteiger partial charge >= 0.3 is 6.18 Å². The molecule has 1 saturated heterocycles. The fourth-order valence-corrected chi connectivity index (χ4v) is 3.61. The Morgan fingerprint density at radius 1 is 1.34 bits per heavy atom. The summed E-state index contributed by atoms with van der Waals surface area (Å²) in [4.78, 5) is 21.3. The maximum atomic E-state index is 14.3. The Morgan fingerprint density at radius 3 is 2.59 bits per heavy atom. The summed E-state index contributed by atoms with van der Waals surface area (Å²) in [7, 11) is 0. The van der Waals surface area contributed by atoms with Crippen LogP contribution in [0, 0.1) is 17.2 Å². The van der Waals surface area contributed by atoms with Crippen molar-refractivity contribution in [2.24, 2.45) is 5.92 Å². The number of piperidine rings is 1. The van der Waals surface area contributed by atoms with Crippen LogP contribution in [0.25, 0.3) is 0 Å². The van der Waals surface area contributed by atoms with E-state index in [0.29, 0.717) is 12.4 Å². The van der Waals surface area contributed by atoms with Gasteiger partial charge in [0.05, 0.1) is 35.3 Å². The SMILES string of the molecule is CC1CC(F)(F)CN(C(=O)c2cc(C#N)ccc2N)C1CNc1ncc(C(F)(F)F)cn1. The van der Waals surface area contributed by atoms with Gasteiger partial charge in [0.15, 0.2) is 0 Å². The van der Waals surface area contributed by atoms with Gasteiger partial charge in [-0.1, -0.05) is 6.92 Å². The molecule has 0 spiro atoms. The molecular weight excluding hydrogens is 435 g/mol. The Morgan fingerprint density at radius 2 is 2.00 bits per heavy atom. The minimum absolute atomic E-state index is 0.0355. The van der Waals surface area contributed by atoms with Crippen molar-refractivity contribution in [1.29, 1.82) is 5.26 Å². The van der Waals surface area contributed by atoms with Gasteiger partial charge in [-0.05, 0) is 24.1 Å². The number of alkyl halides is 5. The minimum Gasteiger partial charge on any atom is -0.398 e. The number of aromatic nitrogens is 2. The molecule has 0 radical (unpaired) electrons. The fourth-order valence-electron chi connectivity index (χ4n) is 3.61. The first-order chi connectivity index (χ1) is 14.9. The van der Waals surface area contributed by atoms with Crippen molar-refractivity contribution < 1.29 is 26.7 Å². The smallest absolute Gasteiger partial charge is 0.398 e. The van der Waals surface area contributed by atoms with Gasteiger partial charge in [0.2, 0.25) is 5.95 Å². The number of nitrogen functional groups attached to an aromatic ring is 1. The van der Waals surface area contributed by atoms with Crippen LogP contribution in [0.3, 0.4) is 0 Å². The molecule has 2 heterocycles. The lowest BCUT2D eigenvalue weighted by atomic mass is 9.87. The van der Waals surface area contributed by atoms with Crippen molar-refractivity contribution in [3.8, 4) is 6.07 Å². The Kier molecular flexibility index (Phi) is 6.20. The number of nitrogens with zero attached hydrogens (tertiary/aromatic N) is 4. The first-order valence-electron chi connectivity index (χ1n) is 9.53. The van der Waals surface area contributed by atoms with Crippen LogP contribution in [0.1, 0.15) is 34.8 Å². The molecule has 0 aliphatic carbocycles. The lowest BCUT2D eigenvalue weighted by Crippen LogP contribution is -2.57. The summed E-state index contributed by atoms with van der Waals surface area (Å²) >= 11 is 0. The summed E-state index contributed by atoms with van der Waals surface area (Å²) in [5.41, 5.74) is 4.91. The van der Waals surface area contributed by atoms with Gasteiger partial charge < -0.3 is 16.0 Å². The van der Waals surface area contributed by atoms with E-state index in [9.17, 15) is 26.7 Å². The molecule has 1 aliphatic rings. The number of carbonyl (C=O) groups excluding carboxylic acids is 1. The summed E-state index contributed by atoms with van der Waals surface area (Å²) in [6.07, 6.45) is -3.87. The van der Waals surface area contributed by atoms with E-state index in [4.69, 9.17) is 11.0 Å². The molecule has 1 fully saturated rings. The van der Waals surface area contributed by atoms with Crippen molar-refractivity contribution in [1.82, 2.24) is 14.9 Å². The first kappa shape index (κ1) is 23.2. The van der Waals surface area contributed by atoms with E-state index in [1.165, 1.54) is 18.2 Å². The molecule has 2 aromatic rings. The van der Waals surface area contributed by atoms with Crippen molar-refractivity contribution in [2.75, 3.05) is 24.1 Å². The molecule has 1 aromatic heterocycles. The number of halogens is 5. The van der Waals surface area contributed by atoms with Gasteiger partial charge in [0.1, 0.15) is 0 Å². The molecule has 2 atom stereocenters. The average molecular weight is 454 g/mol. The largest absolute Gasteiger partial charge is 0.419 e. The summed E-state index contributed by atoms with van der Waals surface area (Å²) in [6.45, 7) is 0.598. The van der Waals surface area contributed by atoms with E-state index in [-0.39, 0.29) is 29.3 Å². The van der Waals surface area contributed by atoms with Crippen molar-refractivity contribution in [3.63, 3.8) is 0 Å². The van der Waals surface area contributed by atoms with Gasteiger partial charge in [-0.2, -0.15) is 18.4 Å². The molecule has 0 saturated carbocycles. The summed E-state index contributed by atoms with van der Waals surface area (Å²) in [6, 6.07) is 5.10. The number of nitrogens with one attached hydrogen (secondary N) is 1. The molecule has 170 valence electrons. The highest BCUT2D eigenvalue weighted by Gasteiger charge is 2.46. The molecule has 3 N–H and O–H groups in total. The second-order valence-corrected chi connectivity index (χ2v) is 7.63. The Balaban J connectivity index is 1.84. The average Bonchev–Trinajstić information content (AvgIpc) is 2.71. The molecule has 2 unspecified atom stereocenters. The standard InChI is InChI=1S/C20H19F5N6O/c1-11-5-19(21,22)10-31(17(32)14-4-12(6-26)2-3-15(14)27)16(11)9-30-18-28-7-13(8-29-18)20(23,24)25/h2-4,7-8,11,16H,5,9-10,27H2,1H3,(H,28,29,30). The highest BCUT2D eigenvalue weighted by molar-refractivity contribution is 5.99. The molecule has 1 aliphatic heterocycles. The van der Waals surface area contributed by atoms with E-state index in [0.717, 1.165) is 4.90 Å². The number of nitrogens with two attached hydrogens (primary N) is 1. The van der Waals surface area contributed by atoms with Crippen LogP contribution in [0.4, 0.5) is 33.6 Å². The Hall–Kier alpha value is -3.49. The predicted octanol–water partition coefficient (Wildman–Crippen LogP) is 3.55. The van der Waals surface area contributed by atoms with Gasteiger partial charge in [0, 0.05) is 31.0 Å². The maximum Gasteiger partial charge on any atom is 0.419 e. The highest BCUT2D eigenvalue weighted by Crippen LogP contribution is 2.36. The lowest BCUT2D eigenvalue weighted by molar-refractivity contribution is -0.138. The number of anilines is 2. The zero-order chi connectivity index (χ0) is 23.7. The normalized spacial score (nSPS) is 20.5. The number of rotatable bonds is 4. The minimum atomic E-state index is -4.59. The second-order valence-electron chi connectivity index (χ2n) is 7.63. The van der Waals surface area contributed by atoms with Crippen LogP contribution in [0.2, 0.25) is 0 Å². The fraction of sp³-hybridized carbons (Fsp3) is 0.400. The van der Waals surface area contributed by atoms with Gasteiger partial charge in [-0.15, -0.1) is 0 Å². The van der Waals surface area contributed by atoms with Crippen LogP contribution in [0.5, 0.6) is 0 Å². The number of hydrogen-bond acceptors (Lipinski definition) is 6. The molecule has 7 nitrogen and oxygen atoms in total. The molecule has 0 bridgehead atoms. The third kappa shape index (κ3) is 5.04. The van der Waals surface area contributed by atoms with Crippen molar-refractivity contribution in [2.45, 2.75) is 31.5 Å². The number of benzene rings is 1. The number of hydrogen-bond donors (Lipinski definition) is 2. The first-order valence-corrected chi connectivity index (χ1v) is 9.53. The third-order valence-electron chi connectivity index (χ3n) is 5.20. The predicted molar refractivity (Wildman–Crippen MR) is 105 cm³/mol. The zero-order valence-electron chi connectivity index (χ0n) is 16.8. The van der Waals surface area contributed by atoms with E-state index >= 15 is 0 Å². The summed E-state index contributed by atoms with van der Waals surface area (Å²) in [5.74, 6) is -4.71. The topological polar surface area (TPSA) is 108 Å². The van der Waals surface area contributed by atoms with Crippen LogP contribution in [-0.4, -0.2) is 45.8 Å². The molecule has 3 rings (SSSR count). The molecule has 12 heteroatoms. The van der Waals surface area contributed by atoms with Crippen LogP contribution in [0.15, 0.2) is 30.6 Å². The monoisotopic (exact) mass is 454 g/mol. The summed E-state index contributed by atoms with van der Waals surface area (Å²) in [5, 5.41) is 11.8. The van der Waals surface area contributed by atoms with E-state index in [2.05, 4.69) is 15.3 Å².